The minimum atomic E-state index is 0.460. The van der Waals surface area contributed by atoms with Crippen LogP contribution in [-0.2, 0) is 12.4 Å². The van der Waals surface area contributed by atoms with Crippen LogP contribution in [0.15, 0.2) is 18.2 Å². The number of halogens is 1. The van der Waals surface area contributed by atoms with Crippen LogP contribution in [0.25, 0.3) is 11.0 Å². The van der Waals surface area contributed by atoms with Crippen LogP contribution in [0.1, 0.15) is 11.4 Å². The number of nitrogens with zero attached hydrogens (tertiary/aromatic N) is 3. The van der Waals surface area contributed by atoms with E-state index in [0.717, 1.165) is 24.4 Å². The zero-order valence-corrected chi connectivity index (χ0v) is 11.3. The number of aryl methyl sites for hydroxylation is 1. The molecule has 17 heavy (non-hydrogen) atoms. The molecule has 1 aromatic heterocycles. The topological polar surface area (TPSA) is 21.1 Å². The molecule has 2 rings (SSSR count). The number of hydrogen-bond donors (Lipinski definition) is 0. The molecule has 0 saturated heterocycles. The van der Waals surface area contributed by atoms with E-state index in [1.807, 2.05) is 0 Å². The van der Waals surface area contributed by atoms with E-state index in [9.17, 15) is 0 Å². The van der Waals surface area contributed by atoms with Crippen molar-refractivity contribution in [1.29, 1.82) is 0 Å². The molecule has 4 heteroatoms. The predicted molar refractivity (Wildman–Crippen MR) is 72.6 cm³/mol. The van der Waals surface area contributed by atoms with Crippen molar-refractivity contribution in [3.8, 4) is 0 Å². The van der Waals surface area contributed by atoms with Crippen molar-refractivity contribution in [1.82, 2.24) is 14.5 Å². The van der Waals surface area contributed by atoms with Crippen LogP contribution in [0.3, 0.4) is 0 Å². The van der Waals surface area contributed by atoms with Gasteiger partial charge in [0.15, 0.2) is 0 Å². The Morgan fingerprint density at radius 2 is 2.12 bits per heavy atom. The summed E-state index contributed by atoms with van der Waals surface area (Å²) in [6, 6.07) is 6.27. The quantitative estimate of drug-likeness (QED) is 0.779. The summed E-state index contributed by atoms with van der Waals surface area (Å²) in [5.74, 6) is 1.42. The Kier molecular flexibility index (Phi) is 3.69. The predicted octanol–water partition coefficient (Wildman–Crippen LogP) is 2.65. The van der Waals surface area contributed by atoms with Gasteiger partial charge in [-0.2, -0.15) is 0 Å². The highest BCUT2D eigenvalue weighted by Crippen LogP contribution is 2.20. The maximum absolute atomic E-state index is 5.97. The monoisotopic (exact) mass is 251 g/mol. The molecule has 0 aliphatic carbocycles. The molecular weight excluding hydrogens is 234 g/mol. The maximum Gasteiger partial charge on any atom is 0.124 e. The van der Waals surface area contributed by atoms with Gasteiger partial charge in [0.2, 0.25) is 0 Å². The van der Waals surface area contributed by atoms with E-state index in [2.05, 4.69) is 53.7 Å². The average molecular weight is 252 g/mol. The summed E-state index contributed by atoms with van der Waals surface area (Å²) in [6.07, 6.45) is 0. The van der Waals surface area contributed by atoms with Crippen molar-refractivity contribution in [3.05, 3.63) is 29.6 Å². The Labute approximate surface area is 107 Å². The third kappa shape index (κ3) is 2.45. The molecule has 0 bridgehead atoms. The molecule has 0 fully saturated rings. The number of rotatable bonds is 4. The van der Waals surface area contributed by atoms with Crippen LogP contribution in [0.5, 0.6) is 0 Å². The van der Waals surface area contributed by atoms with Gasteiger partial charge in [-0.1, -0.05) is 12.1 Å². The van der Waals surface area contributed by atoms with Crippen molar-refractivity contribution < 1.29 is 0 Å². The van der Waals surface area contributed by atoms with E-state index < -0.39 is 0 Å². The van der Waals surface area contributed by atoms with Crippen molar-refractivity contribution in [2.45, 2.75) is 19.3 Å². The first-order chi connectivity index (χ1) is 8.13. The molecule has 1 heterocycles. The standard InChI is InChI=1S/C13H18ClN3/c1-10-5-4-6-11-13(10)15-12(9-14)17(11)8-7-16(2)3/h4-6H,7-9H2,1-3H3. The van der Waals surface area contributed by atoms with E-state index in [1.165, 1.54) is 11.1 Å². The molecule has 0 unspecified atom stereocenters. The number of aromatic nitrogens is 2. The summed E-state index contributed by atoms with van der Waals surface area (Å²) in [5.41, 5.74) is 3.46. The lowest BCUT2D eigenvalue weighted by Gasteiger charge is -2.12. The van der Waals surface area contributed by atoms with Crippen molar-refractivity contribution in [2.75, 3.05) is 20.6 Å². The number of likely N-dealkylation sites (N-methyl/N-ethyl adjacent to an activating group) is 1. The maximum atomic E-state index is 5.97. The molecule has 0 aliphatic rings. The fourth-order valence-corrected chi connectivity index (χ4v) is 2.19. The van der Waals surface area contributed by atoms with Gasteiger partial charge in [-0.3, -0.25) is 0 Å². The molecule has 0 atom stereocenters. The molecule has 0 spiro atoms. The number of para-hydroxylation sites is 1. The largest absolute Gasteiger partial charge is 0.326 e. The Hall–Kier alpha value is -1.06. The highest BCUT2D eigenvalue weighted by molar-refractivity contribution is 6.16. The molecule has 0 aliphatic heterocycles. The molecule has 92 valence electrons. The van der Waals surface area contributed by atoms with Gasteiger partial charge < -0.3 is 9.47 Å². The van der Waals surface area contributed by atoms with E-state index in [4.69, 9.17) is 11.6 Å². The average Bonchev–Trinajstić information content (AvgIpc) is 2.66. The highest BCUT2D eigenvalue weighted by atomic mass is 35.5. The lowest BCUT2D eigenvalue weighted by Crippen LogP contribution is -2.19. The molecule has 0 amide bonds. The van der Waals surface area contributed by atoms with Crippen LogP contribution in [0.4, 0.5) is 0 Å². The summed E-state index contributed by atoms with van der Waals surface area (Å²) in [7, 11) is 4.15. The lowest BCUT2D eigenvalue weighted by atomic mass is 10.2. The molecule has 2 aromatic rings. The Balaban J connectivity index is 2.47. The second-order valence-electron chi connectivity index (χ2n) is 4.56. The Morgan fingerprint density at radius 3 is 2.76 bits per heavy atom. The number of imidazole rings is 1. The number of hydrogen-bond acceptors (Lipinski definition) is 2. The zero-order valence-electron chi connectivity index (χ0n) is 10.6. The molecule has 0 saturated carbocycles. The van der Waals surface area contributed by atoms with Gasteiger partial charge in [-0.05, 0) is 32.6 Å². The first-order valence-corrected chi connectivity index (χ1v) is 6.32. The molecule has 0 radical (unpaired) electrons. The van der Waals surface area contributed by atoms with Crippen molar-refractivity contribution in [2.24, 2.45) is 0 Å². The van der Waals surface area contributed by atoms with E-state index in [-0.39, 0.29) is 0 Å². The lowest BCUT2D eigenvalue weighted by molar-refractivity contribution is 0.384. The molecular formula is C13H18ClN3. The third-order valence-corrected chi connectivity index (χ3v) is 3.19. The third-order valence-electron chi connectivity index (χ3n) is 2.95. The minimum Gasteiger partial charge on any atom is -0.326 e. The van der Waals surface area contributed by atoms with Crippen molar-refractivity contribution >= 4 is 22.6 Å². The SMILES string of the molecule is Cc1cccc2c1nc(CCl)n2CCN(C)C. The fraction of sp³-hybridized carbons (Fsp3) is 0.462. The first kappa shape index (κ1) is 12.4. The second-order valence-corrected chi connectivity index (χ2v) is 4.83. The summed E-state index contributed by atoms with van der Waals surface area (Å²) in [4.78, 5) is 6.79. The zero-order chi connectivity index (χ0) is 12.4. The Morgan fingerprint density at radius 1 is 1.35 bits per heavy atom. The van der Waals surface area contributed by atoms with Gasteiger partial charge in [0.1, 0.15) is 5.82 Å². The van der Waals surface area contributed by atoms with E-state index in [1.54, 1.807) is 0 Å². The van der Waals surface area contributed by atoms with Gasteiger partial charge in [0.25, 0.3) is 0 Å². The van der Waals surface area contributed by atoms with Gasteiger partial charge in [0.05, 0.1) is 16.9 Å². The van der Waals surface area contributed by atoms with Gasteiger partial charge in [0, 0.05) is 13.1 Å². The normalized spacial score (nSPS) is 11.6. The van der Waals surface area contributed by atoms with Crippen LogP contribution < -0.4 is 0 Å². The first-order valence-electron chi connectivity index (χ1n) is 5.79. The number of fused-ring (bicyclic) bond motifs is 1. The van der Waals surface area contributed by atoms with Gasteiger partial charge in [-0.15, -0.1) is 11.6 Å². The van der Waals surface area contributed by atoms with E-state index >= 15 is 0 Å². The number of benzene rings is 1. The summed E-state index contributed by atoms with van der Waals surface area (Å²) in [5, 5.41) is 0. The highest BCUT2D eigenvalue weighted by Gasteiger charge is 2.11. The summed E-state index contributed by atoms with van der Waals surface area (Å²) < 4.78 is 2.22. The van der Waals surface area contributed by atoms with Crippen LogP contribution >= 0.6 is 11.6 Å². The Bertz CT molecular complexity index is 517. The number of alkyl halides is 1. The van der Waals surface area contributed by atoms with Gasteiger partial charge >= 0.3 is 0 Å². The summed E-state index contributed by atoms with van der Waals surface area (Å²) >= 11 is 5.97. The fourth-order valence-electron chi connectivity index (χ4n) is 1.99. The van der Waals surface area contributed by atoms with Crippen molar-refractivity contribution in [3.63, 3.8) is 0 Å². The summed E-state index contributed by atoms with van der Waals surface area (Å²) in [6.45, 7) is 4.00. The van der Waals surface area contributed by atoms with Crippen LogP contribution in [-0.4, -0.2) is 35.1 Å². The van der Waals surface area contributed by atoms with Crippen LogP contribution in [0, 0.1) is 6.92 Å². The van der Waals surface area contributed by atoms with Crippen LogP contribution in [0.2, 0.25) is 0 Å². The minimum absolute atomic E-state index is 0.460. The smallest absolute Gasteiger partial charge is 0.124 e. The molecule has 0 N–H and O–H groups in total. The van der Waals surface area contributed by atoms with Gasteiger partial charge in [-0.25, -0.2) is 4.98 Å². The van der Waals surface area contributed by atoms with E-state index in [0.29, 0.717) is 5.88 Å². The molecule has 3 nitrogen and oxygen atoms in total. The second kappa shape index (κ2) is 5.07. The molecule has 1 aromatic carbocycles.